The van der Waals surface area contributed by atoms with Crippen molar-refractivity contribution in [3.05, 3.63) is 91.0 Å². The molecule has 186 valence electrons. The lowest BCUT2D eigenvalue weighted by Crippen LogP contribution is -2.17. The number of hydrogen-bond donors (Lipinski definition) is 4. The molecule has 14 nitrogen and oxygen atoms in total. The summed E-state index contributed by atoms with van der Waals surface area (Å²) in [6, 6.07) is 9.95. The van der Waals surface area contributed by atoms with E-state index in [1.54, 1.807) is 0 Å². The van der Waals surface area contributed by atoms with Crippen LogP contribution in [0.1, 0.15) is 15.9 Å². The van der Waals surface area contributed by atoms with Gasteiger partial charge in [-0.05, 0) is 24.3 Å². The normalized spacial score (nSPS) is 11.2. The Kier molecular flexibility index (Phi) is 7.36. The van der Waals surface area contributed by atoms with Crippen molar-refractivity contribution in [1.29, 1.82) is 0 Å². The minimum atomic E-state index is -4.60. The quantitative estimate of drug-likeness (QED) is 0.176. The molecule has 0 aliphatic rings. The molecular formula is C20H14ClN5O9S. The van der Waals surface area contributed by atoms with E-state index in [4.69, 9.17) is 11.6 Å². The van der Waals surface area contributed by atoms with Gasteiger partial charge in [-0.15, -0.1) is 0 Å². The number of phenols is 1. The van der Waals surface area contributed by atoms with E-state index in [0.29, 0.717) is 0 Å². The highest BCUT2D eigenvalue weighted by molar-refractivity contribution is 7.93. The number of halogens is 1. The molecule has 0 saturated heterocycles. The summed E-state index contributed by atoms with van der Waals surface area (Å²) in [5.41, 5.74) is -0.0377. The molecule has 0 spiro atoms. The van der Waals surface area contributed by atoms with Gasteiger partial charge >= 0.3 is 11.7 Å². The zero-order valence-corrected chi connectivity index (χ0v) is 19.2. The van der Waals surface area contributed by atoms with Gasteiger partial charge in [-0.3, -0.25) is 30.4 Å². The van der Waals surface area contributed by atoms with E-state index in [2.05, 4.69) is 15.2 Å². The third kappa shape index (κ3) is 5.65. The molecule has 0 radical (unpaired) electrons. The van der Waals surface area contributed by atoms with Crippen LogP contribution in [0.4, 0.5) is 22.7 Å². The minimum absolute atomic E-state index is 0.0825. The molecule has 3 aromatic carbocycles. The van der Waals surface area contributed by atoms with E-state index >= 15 is 0 Å². The van der Waals surface area contributed by atoms with E-state index < -0.39 is 47.9 Å². The lowest BCUT2D eigenvalue weighted by Gasteiger charge is -2.13. The van der Waals surface area contributed by atoms with Crippen LogP contribution in [-0.2, 0) is 10.0 Å². The van der Waals surface area contributed by atoms with Gasteiger partial charge in [0.25, 0.3) is 15.7 Å². The van der Waals surface area contributed by atoms with Crippen molar-refractivity contribution in [3.8, 4) is 5.75 Å². The second kappa shape index (κ2) is 10.2. The lowest BCUT2D eigenvalue weighted by atomic mass is 10.2. The smallest absolute Gasteiger partial charge is 0.337 e. The summed E-state index contributed by atoms with van der Waals surface area (Å²) in [6.07, 6.45) is 0.916. The first-order valence-corrected chi connectivity index (χ1v) is 11.4. The van der Waals surface area contributed by atoms with E-state index in [0.717, 1.165) is 42.6 Å². The van der Waals surface area contributed by atoms with Gasteiger partial charge in [-0.2, -0.15) is 5.10 Å². The Labute approximate surface area is 206 Å². The number of carboxylic acids is 1. The van der Waals surface area contributed by atoms with Crippen LogP contribution < -0.4 is 10.1 Å². The number of carboxylic acid groups (broad SMARTS) is 1. The molecule has 4 N–H and O–H groups in total. The number of hydrazone groups is 1. The van der Waals surface area contributed by atoms with Crippen molar-refractivity contribution in [3.63, 3.8) is 0 Å². The van der Waals surface area contributed by atoms with E-state index in [-0.39, 0.29) is 27.5 Å². The number of carbonyl (C=O) groups is 1. The number of hydrogen-bond acceptors (Lipinski definition) is 10. The van der Waals surface area contributed by atoms with Crippen molar-refractivity contribution >= 4 is 56.6 Å². The predicted molar refractivity (Wildman–Crippen MR) is 128 cm³/mol. The molecule has 3 rings (SSSR count). The number of rotatable bonds is 9. The van der Waals surface area contributed by atoms with Crippen molar-refractivity contribution in [2.45, 2.75) is 4.90 Å². The second-order valence-corrected chi connectivity index (χ2v) is 8.97. The van der Waals surface area contributed by atoms with Crippen molar-refractivity contribution in [1.82, 2.24) is 0 Å². The first-order chi connectivity index (χ1) is 16.9. The van der Waals surface area contributed by atoms with Gasteiger partial charge in [0.1, 0.15) is 4.90 Å². The van der Waals surface area contributed by atoms with Gasteiger partial charge < -0.3 is 10.2 Å². The van der Waals surface area contributed by atoms with E-state index in [9.17, 15) is 43.7 Å². The Balaban J connectivity index is 2.02. The Hall–Kier alpha value is -4.76. The van der Waals surface area contributed by atoms with Gasteiger partial charge in [-0.25, -0.2) is 13.2 Å². The number of nitro benzene ring substituents is 2. The standard InChI is InChI=1S/C20H14ClN5O9S/c21-12-7-11(19(27)17(8-12)26(32)33)10-22-23-16-6-5-13(25(30)31)9-18(16)36(34,35)24-15-4-2-1-3-14(15)20(28)29/h1-10,23-24,27H,(H,28,29)/b22-10+. The zero-order chi connectivity index (χ0) is 26.6. The highest BCUT2D eigenvalue weighted by Gasteiger charge is 2.25. The number of nitro groups is 2. The number of para-hydroxylation sites is 1. The van der Waals surface area contributed by atoms with Gasteiger partial charge in [0.05, 0.1) is 33.0 Å². The zero-order valence-electron chi connectivity index (χ0n) is 17.7. The largest absolute Gasteiger partial charge is 0.502 e. The Bertz CT molecular complexity index is 1530. The summed E-state index contributed by atoms with van der Waals surface area (Å²) in [4.78, 5) is 31.3. The maximum Gasteiger partial charge on any atom is 0.337 e. The Morgan fingerprint density at radius 1 is 1.03 bits per heavy atom. The molecule has 0 bridgehead atoms. The van der Waals surface area contributed by atoms with Crippen molar-refractivity contribution in [2.75, 3.05) is 10.1 Å². The fourth-order valence-corrected chi connectivity index (χ4v) is 4.39. The maximum atomic E-state index is 13.1. The third-order valence-corrected chi connectivity index (χ3v) is 6.16. The number of non-ortho nitro benzene ring substituents is 1. The molecule has 36 heavy (non-hydrogen) atoms. The molecule has 0 atom stereocenters. The number of phenolic OH excluding ortho intramolecular Hbond substituents is 1. The summed E-state index contributed by atoms with van der Waals surface area (Å²) in [7, 11) is -4.60. The molecule has 0 fully saturated rings. The molecule has 0 heterocycles. The van der Waals surface area contributed by atoms with Crippen molar-refractivity contribution in [2.24, 2.45) is 5.10 Å². The van der Waals surface area contributed by atoms with Crippen LogP contribution in [0.25, 0.3) is 0 Å². The Morgan fingerprint density at radius 3 is 2.36 bits per heavy atom. The van der Waals surface area contributed by atoms with Crippen molar-refractivity contribution < 1.29 is 33.3 Å². The molecule has 0 aliphatic heterocycles. The predicted octanol–water partition coefficient (Wildman–Crippen LogP) is 3.81. The fourth-order valence-electron chi connectivity index (χ4n) is 2.91. The fraction of sp³-hybridized carbons (Fsp3) is 0. The van der Waals surface area contributed by atoms with Gasteiger partial charge in [-0.1, -0.05) is 23.7 Å². The number of sulfonamides is 1. The first-order valence-electron chi connectivity index (χ1n) is 9.50. The summed E-state index contributed by atoms with van der Waals surface area (Å²) >= 11 is 5.82. The number of aromatic carboxylic acids is 1. The van der Waals surface area contributed by atoms with Crippen LogP contribution in [0.15, 0.2) is 64.6 Å². The number of anilines is 2. The van der Waals surface area contributed by atoms with Crippen LogP contribution >= 0.6 is 11.6 Å². The maximum absolute atomic E-state index is 13.1. The third-order valence-electron chi connectivity index (χ3n) is 4.54. The second-order valence-electron chi connectivity index (χ2n) is 6.88. The monoisotopic (exact) mass is 535 g/mol. The average Bonchev–Trinajstić information content (AvgIpc) is 2.80. The summed E-state index contributed by atoms with van der Waals surface area (Å²) in [5.74, 6) is -2.16. The molecule has 0 unspecified atom stereocenters. The van der Waals surface area contributed by atoms with Gasteiger partial charge in [0, 0.05) is 28.8 Å². The van der Waals surface area contributed by atoms with Crippen LogP contribution in [0.5, 0.6) is 5.75 Å². The molecule has 0 amide bonds. The number of nitrogens with zero attached hydrogens (tertiary/aromatic N) is 3. The molecular weight excluding hydrogens is 522 g/mol. The summed E-state index contributed by atoms with van der Waals surface area (Å²) < 4.78 is 28.2. The number of benzene rings is 3. The highest BCUT2D eigenvalue weighted by atomic mass is 35.5. The lowest BCUT2D eigenvalue weighted by molar-refractivity contribution is -0.385. The SMILES string of the molecule is O=C(O)c1ccccc1NS(=O)(=O)c1cc([N+](=O)[O-])ccc1N/N=C/c1cc(Cl)cc([N+](=O)[O-])c1O. The topological polar surface area (TPSA) is 214 Å². The average molecular weight is 536 g/mol. The first kappa shape index (κ1) is 25.9. The Morgan fingerprint density at radius 2 is 1.72 bits per heavy atom. The number of nitrogens with one attached hydrogen (secondary N) is 2. The van der Waals surface area contributed by atoms with E-state index in [1.807, 2.05) is 0 Å². The minimum Gasteiger partial charge on any atom is -0.502 e. The number of aromatic hydroxyl groups is 1. The van der Waals surface area contributed by atoms with Crippen LogP contribution in [-0.4, -0.2) is 40.7 Å². The summed E-state index contributed by atoms with van der Waals surface area (Å²) in [6.45, 7) is 0. The van der Waals surface area contributed by atoms with Crippen LogP contribution in [0, 0.1) is 20.2 Å². The molecule has 0 aromatic heterocycles. The molecule has 0 saturated carbocycles. The van der Waals surface area contributed by atoms with Crippen LogP contribution in [0.3, 0.4) is 0 Å². The highest BCUT2D eigenvalue weighted by Crippen LogP contribution is 2.33. The molecule has 3 aromatic rings. The molecule has 16 heteroatoms. The van der Waals surface area contributed by atoms with Gasteiger partial charge in [0.15, 0.2) is 0 Å². The van der Waals surface area contributed by atoms with E-state index in [1.165, 1.54) is 18.2 Å². The van der Waals surface area contributed by atoms with Gasteiger partial charge in [0.2, 0.25) is 5.75 Å². The summed E-state index contributed by atoms with van der Waals surface area (Å²) in [5, 5.41) is 45.3. The molecule has 0 aliphatic carbocycles. The van der Waals surface area contributed by atoms with Crippen LogP contribution in [0.2, 0.25) is 5.02 Å².